The molecular formula is C12H17NO4S. The van der Waals surface area contributed by atoms with Gasteiger partial charge in [-0.25, -0.2) is 13.1 Å². The average Bonchev–Trinajstić information content (AvgIpc) is 2.28. The van der Waals surface area contributed by atoms with Crippen LogP contribution in [0, 0.1) is 0 Å². The number of benzene rings is 1. The highest BCUT2D eigenvalue weighted by Gasteiger charge is 2.13. The lowest BCUT2D eigenvalue weighted by molar-refractivity contribution is 0.162. The fraction of sp³-hybridized carbons (Fsp3) is 0.333. The van der Waals surface area contributed by atoms with E-state index in [0.717, 1.165) is 5.57 Å². The Labute approximate surface area is 107 Å². The molecule has 0 aliphatic carbocycles. The second-order valence-electron chi connectivity index (χ2n) is 3.90. The second kappa shape index (κ2) is 6.53. The van der Waals surface area contributed by atoms with E-state index in [2.05, 4.69) is 11.3 Å². The largest absolute Gasteiger partial charge is 0.508 e. The van der Waals surface area contributed by atoms with Crippen LogP contribution in [0.2, 0.25) is 0 Å². The smallest absolute Gasteiger partial charge is 0.240 e. The van der Waals surface area contributed by atoms with Crippen LogP contribution in [-0.2, 0) is 14.8 Å². The van der Waals surface area contributed by atoms with Crippen LogP contribution in [-0.4, -0.2) is 33.3 Å². The molecule has 0 bridgehead atoms. The third kappa shape index (κ3) is 4.87. The van der Waals surface area contributed by atoms with Crippen molar-refractivity contribution in [3.05, 3.63) is 36.4 Å². The van der Waals surface area contributed by atoms with Crippen LogP contribution in [0.1, 0.15) is 6.92 Å². The molecule has 0 aliphatic rings. The highest BCUT2D eigenvalue weighted by molar-refractivity contribution is 7.89. The molecule has 1 aromatic carbocycles. The Balaban J connectivity index is 2.48. The molecule has 0 atom stereocenters. The van der Waals surface area contributed by atoms with Crippen LogP contribution in [0.5, 0.6) is 5.75 Å². The van der Waals surface area contributed by atoms with Gasteiger partial charge in [0, 0.05) is 6.54 Å². The summed E-state index contributed by atoms with van der Waals surface area (Å²) in [5.74, 6) is -0.0867. The van der Waals surface area contributed by atoms with Gasteiger partial charge in [-0.3, -0.25) is 0 Å². The maximum atomic E-state index is 11.8. The summed E-state index contributed by atoms with van der Waals surface area (Å²) in [7, 11) is -3.60. The molecule has 0 saturated heterocycles. The summed E-state index contributed by atoms with van der Waals surface area (Å²) in [5.41, 5.74) is 0.880. The van der Waals surface area contributed by atoms with Crippen LogP contribution >= 0.6 is 0 Å². The number of nitrogens with one attached hydrogen (secondary N) is 1. The van der Waals surface area contributed by atoms with Gasteiger partial charge in [-0.1, -0.05) is 18.2 Å². The van der Waals surface area contributed by atoms with Crippen molar-refractivity contribution in [3.63, 3.8) is 0 Å². The van der Waals surface area contributed by atoms with Gasteiger partial charge in [0.15, 0.2) is 0 Å². The summed E-state index contributed by atoms with van der Waals surface area (Å²) in [6.45, 7) is 6.35. The van der Waals surface area contributed by atoms with E-state index in [0.29, 0.717) is 6.61 Å². The molecule has 1 rings (SSSR count). The topological polar surface area (TPSA) is 75.6 Å². The number of hydrogen-bond acceptors (Lipinski definition) is 4. The summed E-state index contributed by atoms with van der Waals surface area (Å²) in [6, 6.07) is 5.49. The maximum Gasteiger partial charge on any atom is 0.240 e. The molecule has 1 aromatic rings. The minimum atomic E-state index is -3.60. The van der Waals surface area contributed by atoms with Gasteiger partial charge in [-0.2, -0.15) is 0 Å². The highest BCUT2D eigenvalue weighted by atomic mass is 32.2. The molecule has 0 radical (unpaired) electrons. The third-order valence-electron chi connectivity index (χ3n) is 2.01. The Kier molecular flexibility index (Phi) is 5.33. The first-order chi connectivity index (χ1) is 8.42. The monoisotopic (exact) mass is 271 g/mol. The van der Waals surface area contributed by atoms with Crippen molar-refractivity contribution in [3.8, 4) is 5.75 Å². The Morgan fingerprint density at radius 1 is 1.50 bits per heavy atom. The number of hydrogen-bond donors (Lipinski definition) is 2. The van der Waals surface area contributed by atoms with Gasteiger partial charge in [0.1, 0.15) is 5.75 Å². The van der Waals surface area contributed by atoms with E-state index in [9.17, 15) is 13.5 Å². The van der Waals surface area contributed by atoms with Crippen LogP contribution in [0.15, 0.2) is 41.3 Å². The predicted octanol–water partition coefficient (Wildman–Crippen LogP) is 1.26. The zero-order chi connectivity index (χ0) is 13.6. The van der Waals surface area contributed by atoms with Crippen LogP contribution < -0.4 is 4.72 Å². The van der Waals surface area contributed by atoms with Gasteiger partial charge in [0.05, 0.1) is 18.1 Å². The number of ether oxygens (including phenoxy) is 1. The van der Waals surface area contributed by atoms with Crippen molar-refractivity contribution in [2.45, 2.75) is 11.8 Å². The molecule has 100 valence electrons. The summed E-state index contributed by atoms with van der Waals surface area (Å²) in [4.78, 5) is 0.0300. The fourth-order valence-corrected chi connectivity index (χ4v) is 2.28. The molecular weight excluding hydrogens is 254 g/mol. The van der Waals surface area contributed by atoms with E-state index in [-0.39, 0.29) is 23.8 Å². The van der Waals surface area contributed by atoms with Gasteiger partial charge >= 0.3 is 0 Å². The number of aromatic hydroxyl groups is 1. The molecule has 0 aliphatic heterocycles. The van der Waals surface area contributed by atoms with Crippen molar-refractivity contribution >= 4 is 10.0 Å². The van der Waals surface area contributed by atoms with E-state index in [1.165, 1.54) is 24.3 Å². The van der Waals surface area contributed by atoms with Gasteiger partial charge in [-0.05, 0) is 25.1 Å². The van der Waals surface area contributed by atoms with Crippen molar-refractivity contribution in [1.82, 2.24) is 4.72 Å². The molecule has 0 aromatic heterocycles. The molecule has 6 heteroatoms. The molecule has 2 N–H and O–H groups in total. The van der Waals surface area contributed by atoms with Crippen LogP contribution in [0.25, 0.3) is 0 Å². The van der Waals surface area contributed by atoms with Gasteiger partial charge in [0.2, 0.25) is 10.0 Å². The van der Waals surface area contributed by atoms with E-state index in [1.807, 2.05) is 6.92 Å². The van der Waals surface area contributed by atoms with Gasteiger partial charge < -0.3 is 9.84 Å². The Bertz CT molecular complexity index is 511. The van der Waals surface area contributed by atoms with Crippen molar-refractivity contribution < 1.29 is 18.3 Å². The molecule has 0 heterocycles. The minimum Gasteiger partial charge on any atom is -0.508 e. The number of phenolic OH excluding ortho intramolecular Hbond substituents is 1. The summed E-state index contributed by atoms with van der Waals surface area (Å²) in [5, 5.41) is 9.22. The third-order valence-corrected chi connectivity index (χ3v) is 3.47. The average molecular weight is 271 g/mol. The van der Waals surface area contributed by atoms with Gasteiger partial charge in [-0.15, -0.1) is 0 Å². The number of rotatable bonds is 7. The first-order valence-electron chi connectivity index (χ1n) is 5.42. The zero-order valence-electron chi connectivity index (χ0n) is 10.2. The molecule has 0 fully saturated rings. The summed E-state index contributed by atoms with van der Waals surface area (Å²) >= 11 is 0. The maximum absolute atomic E-state index is 11.8. The molecule has 0 saturated carbocycles. The number of phenols is 1. The second-order valence-corrected chi connectivity index (χ2v) is 5.67. The van der Waals surface area contributed by atoms with Crippen LogP contribution in [0.4, 0.5) is 0 Å². The Hall–Kier alpha value is -1.37. The molecule has 0 amide bonds. The SMILES string of the molecule is C=C(C)COCCNS(=O)(=O)c1cccc(O)c1. The molecule has 0 spiro atoms. The van der Waals surface area contributed by atoms with E-state index in [1.54, 1.807) is 0 Å². The van der Waals surface area contributed by atoms with E-state index < -0.39 is 10.0 Å². The lowest BCUT2D eigenvalue weighted by atomic mass is 10.3. The zero-order valence-corrected chi connectivity index (χ0v) is 11.0. The molecule has 18 heavy (non-hydrogen) atoms. The molecule has 0 unspecified atom stereocenters. The highest BCUT2D eigenvalue weighted by Crippen LogP contribution is 2.15. The van der Waals surface area contributed by atoms with Crippen molar-refractivity contribution in [1.29, 1.82) is 0 Å². The minimum absolute atomic E-state index is 0.0300. The normalized spacial score (nSPS) is 11.4. The Morgan fingerprint density at radius 3 is 2.83 bits per heavy atom. The summed E-state index contributed by atoms with van der Waals surface area (Å²) in [6.07, 6.45) is 0. The Morgan fingerprint density at radius 2 is 2.22 bits per heavy atom. The first kappa shape index (κ1) is 14.7. The lowest BCUT2D eigenvalue weighted by Gasteiger charge is -2.07. The van der Waals surface area contributed by atoms with Crippen molar-refractivity contribution in [2.24, 2.45) is 0 Å². The molecule has 5 nitrogen and oxygen atoms in total. The predicted molar refractivity (Wildman–Crippen MR) is 68.9 cm³/mol. The van der Waals surface area contributed by atoms with Crippen LogP contribution in [0.3, 0.4) is 0 Å². The number of sulfonamides is 1. The fourth-order valence-electron chi connectivity index (χ4n) is 1.23. The van der Waals surface area contributed by atoms with E-state index >= 15 is 0 Å². The van der Waals surface area contributed by atoms with Crippen molar-refractivity contribution in [2.75, 3.05) is 19.8 Å². The van der Waals surface area contributed by atoms with E-state index in [4.69, 9.17) is 4.74 Å². The standard InChI is InChI=1S/C12H17NO4S/c1-10(2)9-17-7-6-13-18(15,16)12-5-3-4-11(14)8-12/h3-5,8,13-14H,1,6-7,9H2,2H3. The quantitative estimate of drug-likeness (QED) is 0.578. The van der Waals surface area contributed by atoms with Gasteiger partial charge in [0.25, 0.3) is 0 Å². The summed E-state index contributed by atoms with van der Waals surface area (Å²) < 4.78 is 31.1. The lowest BCUT2D eigenvalue weighted by Crippen LogP contribution is -2.27. The first-order valence-corrected chi connectivity index (χ1v) is 6.91.